The van der Waals surface area contributed by atoms with Gasteiger partial charge in [0.1, 0.15) is 11.5 Å². The topological polar surface area (TPSA) is 128 Å². The summed E-state index contributed by atoms with van der Waals surface area (Å²) in [5.74, 6) is -0.398. The molecule has 2 aromatic carbocycles. The van der Waals surface area contributed by atoms with Crippen molar-refractivity contribution in [1.29, 1.82) is 5.26 Å². The quantitative estimate of drug-likeness (QED) is 0.389. The third-order valence-electron chi connectivity index (χ3n) is 7.55. The van der Waals surface area contributed by atoms with Crippen LogP contribution in [0.3, 0.4) is 0 Å². The van der Waals surface area contributed by atoms with Gasteiger partial charge < -0.3 is 30.1 Å². The summed E-state index contributed by atoms with van der Waals surface area (Å²) in [6.45, 7) is 4.01. The molecular formula is C29H31N3O5. The molecule has 5 rings (SSSR count). The molecule has 1 aliphatic carbocycles. The Bertz CT molecular complexity index is 1320. The van der Waals surface area contributed by atoms with Gasteiger partial charge in [0, 0.05) is 24.9 Å². The normalized spacial score (nSPS) is 28.2. The summed E-state index contributed by atoms with van der Waals surface area (Å²) in [6.07, 6.45) is 1.75. The van der Waals surface area contributed by atoms with E-state index in [1.54, 1.807) is 38.1 Å². The summed E-state index contributed by atoms with van der Waals surface area (Å²) < 4.78 is 12.3. The smallest absolute Gasteiger partial charge is 0.177 e. The maximum Gasteiger partial charge on any atom is 0.177 e. The molecule has 8 heteroatoms. The standard InChI is InChI=1S/C29H31N3O5/c1-27(2,34)17-32-14-21-24(19-7-5-4-6-8-19)29(20-11-9-18(13-30)10-12-20)28(35,26(21)33)25-22(36-3)15-31-16-23(25)37-29/h4-12,15-16,21,24,26,32-35H,14,17H2,1-3H3/t21-,24?,26-,28+,29+/m1/s1. The number of rotatable bonds is 7. The lowest BCUT2D eigenvalue weighted by molar-refractivity contribution is -0.152. The summed E-state index contributed by atoms with van der Waals surface area (Å²) in [5, 5.41) is 47.7. The molecule has 0 radical (unpaired) electrons. The highest BCUT2D eigenvalue weighted by Gasteiger charge is 2.76. The number of aliphatic hydroxyl groups is 3. The van der Waals surface area contributed by atoms with Gasteiger partial charge >= 0.3 is 0 Å². The van der Waals surface area contributed by atoms with E-state index in [1.165, 1.54) is 19.5 Å². The fourth-order valence-electron chi connectivity index (χ4n) is 6.10. The number of hydrogen-bond acceptors (Lipinski definition) is 8. The molecule has 0 spiro atoms. The van der Waals surface area contributed by atoms with Crippen molar-refractivity contribution in [3.8, 4) is 17.6 Å². The van der Waals surface area contributed by atoms with Gasteiger partial charge in [-0.25, -0.2) is 0 Å². The molecule has 5 atom stereocenters. The fourth-order valence-corrected chi connectivity index (χ4v) is 6.10. The number of nitriles is 1. The molecule has 0 amide bonds. The van der Waals surface area contributed by atoms with Crippen molar-refractivity contribution in [3.63, 3.8) is 0 Å². The van der Waals surface area contributed by atoms with Crippen LogP contribution in [0.15, 0.2) is 67.0 Å². The summed E-state index contributed by atoms with van der Waals surface area (Å²) in [4.78, 5) is 4.23. The Morgan fingerprint density at radius 3 is 2.46 bits per heavy atom. The first kappa shape index (κ1) is 25.2. The van der Waals surface area contributed by atoms with E-state index in [0.717, 1.165) is 5.56 Å². The van der Waals surface area contributed by atoms with E-state index in [1.807, 2.05) is 30.3 Å². The molecule has 1 fully saturated rings. The summed E-state index contributed by atoms with van der Waals surface area (Å²) in [6, 6.07) is 18.7. The van der Waals surface area contributed by atoms with Gasteiger partial charge in [-0.05, 0) is 37.1 Å². The maximum atomic E-state index is 12.7. The Kier molecular flexibility index (Phi) is 6.21. The minimum atomic E-state index is -1.91. The zero-order valence-electron chi connectivity index (χ0n) is 21.0. The molecule has 8 nitrogen and oxygen atoms in total. The van der Waals surface area contributed by atoms with Crippen molar-refractivity contribution in [2.24, 2.45) is 5.92 Å². The van der Waals surface area contributed by atoms with Gasteiger partial charge in [0.05, 0.1) is 48.4 Å². The molecule has 2 aliphatic rings. The van der Waals surface area contributed by atoms with E-state index < -0.39 is 34.7 Å². The van der Waals surface area contributed by atoms with Gasteiger partial charge in [0.2, 0.25) is 0 Å². The number of ether oxygens (including phenoxy) is 2. The van der Waals surface area contributed by atoms with Crippen LogP contribution in [0.1, 0.15) is 42.0 Å². The Labute approximate surface area is 216 Å². The Morgan fingerprint density at radius 2 is 1.84 bits per heavy atom. The average molecular weight is 502 g/mol. The van der Waals surface area contributed by atoms with Gasteiger partial charge in [-0.1, -0.05) is 42.5 Å². The van der Waals surface area contributed by atoms with Crippen LogP contribution in [0.25, 0.3) is 0 Å². The van der Waals surface area contributed by atoms with E-state index in [9.17, 15) is 20.6 Å². The molecule has 37 heavy (non-hydrogen) atoms. The van der Waals surface area contributed by atoms with Crippen molar-refractivity contribution >= 4 is 0 Å². The monoisotopic (exact) mass is 501 g/mol. The van der Waals surface area contributed by atoms with Crippen LogP contribution >= 0.6 is 0 Å². The van der Waals surface area contributed by atoms with Gasteiger partial charge in [-0.2, -0.15) is 5.26 Å². The summed E-state index contributed by atoms with van der Waals surface area (Å²) in [5.41, 5.74) is -2.03. The molecule has 0 bridgehead atoms. The van der Waals surface area contributed by atoms with E-state index in [0.29, 0.717) is 41.3 Å². The molecule has 4 N–H and O–H groups in total. The maximum absolute atomic E-state index is 12.7. The van der Waals surface area contributed by atoms with Gasteiger partial charge in [0.15, 0.2) is 11.2 Å². The number of methoxy groups -OCH3 is 1. The summed E-state index contributed by atoms with van der Waals surface area (Å²) in [7, 11) is 1.49. The highest BCUT2D eigenvalue weighted by atomic mass is 16.5. The molecule has 1 unspecified atom stereocenters. The van der Waals surface area contributed by atoms with Crippen LogP contribution in [-0.2, 0) is 11.2 Å². The Morgan fingerprint density at radius 1 is 1.14 bits per heavy atom. The van der Waals surface area contributed by atoms with E-state index >= 15 is 0 Å². The van der Waals surface area contributed by atoms with E-state index in [4.69, 9.17) is 9.47 Å². The zero-order chi connectivity index (χ0) is 26.4. The number of aromatic nitrogens is 1. The largest absolute Gasteiger partial charge is 0.495 e. The Balaban J connectivity index is 1.76. The molecule has 1 aromatic heterocycles. The number of fused-ring (bicyclic) bond motifs is 3. The molecule has 1 aliphatic heterocycles. The molecule has 0 saturated heterocycles. The fraction of sp³-hybridized carbons (Fsp3) is 0.379. The number of pyridine rings is 1. The second kappa shape index (κ2) is 9.12. The molecular weight excluding hydrogens is 470 g/mol. The second-order valence-electron chi connectivity index (χ2n) is 10.4. The van der Waals surface area contributed by atoms with Crippen molar-refractivity contribution in [1.82, 2.24) is 10.3 Å². The number of aliphatic hydroxyl groups excluding tert-OH is 1. The average Bonchev–Trinajstić information content (AvgIpc) is 3.27. The predicted molar refractivity (Wildman–Crippen MR) is 136 cm³/mol. The van der Waals surface area contributed by atoms with Gasteiger partial charge in [-0.15, -0.1) is 0 Å². The van der Waals surface area contributed by atoms with E-state index in [-0.39, 0.29) is 0 Å². The molecule has 192 valence electrons. The minimum absolute atomic E-state index is 0.296. The first-order valence-electron chi connectivity index (χ1n) is 12.3. The van der Waals surface area contributed by atoms with Crippen LogP contribution in [-0.4, -0.2) is 52.2 Å². The zero-order valence-corrected chi connectivity index (χ0v) is 21.0. The van der Waals surface area contributed by atoms with Gasteiger partial charge in [-0.3, -0.25) is 4.98 Å². The molecule has 2 heterocycles. The van der Waals surface area contributed by atoms with Crippen molar-refractivity contribution in [2.45, 2.75) is 42.7 Å². The highest BCUT2D eigenvalue weighted by molar-refractivity contribution is 5.59. The van der Waals surface area contributed by atoms with E-state index in [2.05, 4.69) is 16.4 Å². The lowest BCUT2D eigenvalue weighted by atomic mass is 9.70. The minimum Gasteiger partial charge on any atom is -0.495 e. The van der Waals surface area contributed by atoms with Crippen molar-refractivity contribution in [2.75, 3.05) is 20.2 Å². The first-order valence-corrected chi connectivity index (χ1v) is 12.3. The van der Waals surface area contributed by atoms with Crippen molar-refractivity contribution in [3.05, 3.63) is 89.2 Å². The van der Waals surface area contributed by atoms with Crippen LogP contribution < -0.4 is 14.8 Å². The lowest BCUT2D eigenvalue weighted by Crippen LogP contribution is -2.52. The summed E-state index contributed by atoms with van der Waals surface area (Å²) >= 11 is 0. The molecule has 3 aromatic rings. The Hall–Kier alpha value is -3.48. The van der Waals surface area contributed by atoms with Crippen LogP contribution in [0.5, 0.6) is 11.5 Å². The van der Waals surface area contributed by atoms with Crippen LogP contribution in [0.2, 0.25) is 0 Å². The molecule has 1 saturated carbocycles. The third-order valence-corrected chi connectivity index (χ3v) is 7.55. The number of hydrogen-bond donors (Lipinski definition) is 4. The number of nitrogens with one attached hydrogen (secondary N) is 1. The SMILES string of the molecule is COc1cncc2c1[C@]1(O)[C@H](O)[C@H](CNCC(C)(C)O)C(c3ccccc3)[C@]1(c1ccc(C#N)cc1)O2. The van der Waals surface area contributed by atoms with Crippen molar-refractivity contribution < 1.29 is 24.8 Å². The predicted octanol–water partition coefficient (Wildman–Crippen LogP) is 2.57. The second-order valence-corrected chi connectivity index (χ2v) is 10.4. The van der Waals surface area contributed by atoms with Crippen LogP contribution in [0.4, 0.5) is 0 Å². The van der Waals surface area contributed by atoms with Gasteiger partial charge in [0.25, 0.3) is 0 Å². The first-order chi connectivity index (χ1) is 17.7. The third kappa shape index (κ3) is 3.78. The number of nitrogens with zero attached hydrogens (tertiary/aromatic N) is 2. The highest BCUT2D eigenvalue weighted by Crippen LogP contribution is 2.69. The van der Waals surface area contributed by atoms with Crippen LogP contribution in [0, 0.1) is 17.2 Å². The lowest BCUT2D eigenvalue weighted by Gasteiger charge is -2.41. The number of benzene rings is 2.